The predicted molar refractivity (Wildman–Crippen MR) is 81.4 cm³/mol. The second kappa shape index (κ2) is 5.52. The molecule has 3 N–H and O–H groups in total. The standard InChI is InChI=1S/C16H18ClN3/c17-14-11-19-9-6-12(14)10-15(20-18)16(7-8-16)13-4-2-1-3-5-13/h1-6,9,11,15,20H,7-8,10,18H2. The van der Waals surface area contributed by atoms with Gasteiger partial charge in [0, 0.05) is 23.9 Å². The molecule has 3 nitrogen and oxygen atoms in total. The van der Waals surface area contributed by atoms with E-state index in [0.717, 1.165) is 24.8 Å². The molecule has 0 bridgehead atoms. The van der Waals surface area contributed by atoms with Gasteiger partial charge in [0.2, 0.25) is 0 Å². The van der Waals surface area contributed by atoms with Crippen LogP contribution in [0.25, 0.3) is 0 Å². The Morgan fingerprint density at radius 2 is 2.00 bits per heavy atom. The molecule has 20 heavy (non-hydrogen) atoms. The lowest BCUT2D eigenvalue weighted by molar-refractivity contribution is 0.420. The summed E-state index contributed by atoms with van der Waals surface area (Å²) in [7, 11) is 0. The fourth-order valence-corrected chi connectivity index (χ4v) is 3.14. The number of hydrogen-bond donors (Lipinski definition) is 2. The van der Waals surface area contributed by atoms with Crippen molar-refractivity contribution < 1.29 is 0 Å². The molecular formula is C16H18ClN3. The zero-order valence-corrected chi connectivity index (χ0v) is 12.0. The van der Waals surface area contributed by atoms with Crippen molar-refractivity contribution in [3.8, 4) is 0 Å². The topological polar surface area (TPSA) is 50.9 Å². The Hall–Kier alpha value is -1.42. The summed E-state index contributed by atoms with van der Waals surface area (Å²) in [6.45, 7) is 0. The molecule has 1 aliphatic carbocycles. The molecule has 1 aromatic carbocycles. The third kappa shape index (κ3) is 2.44. The molecule has 0 radical (unpaired) electrons. The van der Waals surface area contributed by atoms with Crippen LogP contribution in [0.2, 0.25) is 5.02 Å². The summed E-state index contributed by atoms with van der Waals surface area (Å²) in [6.07, 6.45) is 6.60. The third-order valence-electron chi connectivity index (χ3n) is 4.29. The van der Waals surface area contributed by atoms with Gasteiger partial charge in [0.25, 0.3) is 0 Å². The molecule has 3 rings (SSSR count). The van der Waals surface area contributed by atoms with Crippen LogP contribution in [0.4, 0.5) is 0 Å². The van der Waals surface area contributed by atoms with Crippen LogP contribution in [0, 0.1) is 0 Å². The average Bonchev–Trinajstić information content (AvgIpc) is 3.29. The molecule has 0 aliphatic heterocycles. The Kier molecular flexibility index (Phi) is 3.74. The summed E-state index contributed by atoms with van der Waals surface area (Å²) in [4.78, 5) is 4.03. The van der Waals surface area contributed by atoms with Crippen LogP contribution in [-0.4, -0.2) is 11.0 Å². The largest absolute Gasteiger partial charge is 0.271 e. The van der Waals surface area contributed by atoms with Crippen LogP contribution in [0.3, 0.4) is 0 Å². The van der Waals surface area contributed by atoms with Crippen LogP contribution in [0.5, 0.6) is 0 Å². The lowest BCUT2D eigenvalue weighted by Crippen LogP contribution is -2.45. The molecule has 4 heteroatoms. The maximum atomic E-state index is 6.21. The lowest BCUT2D eigenvalue weighted by Gasteiger charge is -2.27. The van der Waals surface area contributed by atoms with Gasteiger partial charge in [-0.05, 0) is 36.5 Å². The number of benzene rings is 1. The van der Waals surface area contributed by atoms with E-state index in [0.29, 0.717) is 5.02 Å². The van der Waals surface area contributed by atoms with Gasteiger partial charge in [0.05, 0.1) is 5.02 Å². The van der Waals surface area contributed by atoms with E-state index in [9.17, 15) is 0 Å². The number of nitrogens with one attached hydrogen (secondary N) is 1. The molecule has 1 atom stereocenters. The van der Waals surface area contributed by atoms with Gasteiger partial charge in [-0.3, -0.25) is 16.3 Å². The van der Waals surface area contributed by atoms with E-state index in [1.807, 2.05) is 12.1 Å². The SMILES string of the molecule is NNC(Cc1ccncc1Cl)C1(c2ccccc2)CC1. The summed E-state index contributed by atoms with van der Waals surface area (Å²) in [5, 5.41) is 0.705. The molecule has 1 aliphatic rings. The molecule has 1 saturated carbocycles. The van der Waals surface area contributed by atoms with Gasteiger partial charge in [-0.25, -0.2) is 0 Å². The summed E-state index contributed by atoms with van der Waals surface area (Å²) in [5.74, 6) is 5.83. The number of nitrogens with two attached hydrogens (primary N) is 1. The highest BCUT2D eigenvalue weighted by atomic mass is 35.5. The van der Waals surface area contributed by atoms with Crippen molar-refractivity contribution >= 4 is 11.6 Å². The molecule has 1 aromatic heterocycles. The van der Waals surface area contributed by atoms with Crippen LogP contribution in [0.1, 0.15) is 24.0 Å². The van der Waals surface area contributed by atoms with E-state index >= 15 is 0 Å². The van der Waals surface area contributed by atoms with Crippen LogP contribution < -0.4 is 11.3 Å². The van der Waals surface area contributed by atoms with Crippen molar-refractivity contribution in [1.82, 2.24) is 10.4 Å². The minimum Gasteiger partial charge on any atom is -0.271 e. The lowest BCUT2D eigenvalue weighted by atomic mass is 9.85. The van der Waals surface area contributed by atoms with Crippen molar-refractivity contribution in [2.45, 2.75) is 30.7 Å². The quantitative estimate of drug-likeness (QED) is 0.657. The zero-order valence-electron chi connectivity index (χ0n) is 11.2. The number of nitrogens with zero attached hydrogens (tertiary/aromatic N) is 1. The van der Waals surface area contributed by atoms with Gasteiger partial charge in [-0.15, -0.1) is 0 Å². The second-order valence-electron chi connectivity index (χ2n) is 5.41. The fraction of sp³-hybridized carbons (Fsp3) is 0.312. The summed E-state index contributed by atoms with van der Waals surface area (Å²) in [6, 6.07) is 12.7. The highest BCUT2D eigenvalue weighted by Crippen LogP contribution is 2.51. The zero-order chi connectivity index (χ0) is 14.0. The van der Waals surface area contributed by atoms with Crippen molar-refractivity contribution in [3.63, 3.8) is 0 Å². The Bertz CT molecular complexity index is 581. The number of hydrogen-bond acceptors (Lipinski definition) is 3. The highest BCUT2D eigenvalue weighted by molar-refractivity contribution is 6.31. The van der Waals surface area contributed by atoms with Crippen LogP contribution >= 0.6 is 11.6 Å². The van der Waals surface area contributed by atoms with Crippen LogP contribution in [-0.2, 0) is 11.8 Å². The van der Waals surface area contributed by atoms with Gasteiger partial charge < -0.3 is 0 Å². The minimum atomic E-state index is 0.141. The van der Waals surface area contributed by atoms with E-state index in [-0.39, 0.29) is 11.5 Å². The number of rotatable bonds is 5. The number of halogens is 1. The molecule has 1 heterocycles. The highest BCUT2D eigenvalue weighted by Gasteiger charge is 2.50. The van der Waals surface area contributed by atoms with E-state index in [1.54, 1.807) is 12.4 Å². The second-order valence-corrected chi connectivity index (χ2v) is 5.82. The van der Waals surface area contributed by atoms with Crippen molar-refractivity contribution in [1.29, 1.82) is 0 Å². The monoisotopic (exact) mass is 287 g/mol. The average molecular weight is 288 g/mol. The van der Waals surface area contributed by atoms with Crippen molar-refractivity contribution in [2.24, 2.45) is 5.84 Å². The van der Waals surface area contributed by atoms with E-state index in [1.165, 1.54) is 5.56 Å². The van der Waals surface area contributed by atoms with Gasteiger partial charge in [0.1, 0.15) is 0 Å². The maximum absolute atomic E-state index is 6.21. The number of pyridine rings is 1. The third-order valence-corrected chi connectivity index (χ3v) is 4.63. The summed E-state index contributed by atoms with van der Waals surface area (Å²) < 4.78 is 0. The first kappa shape index (κ1) is 13.6. The Morgan fingerprint density at radius 1 is 1.25 bits per heavy atom. The van der Waals surface area contributed by atoms with Gasteiger partial charge in [-0.2, -0.15) is 0 Å². The molecular weight excluding hydrogens is 270 g/mol. The molecule has 2 aromatic rings. The molecule has 0 saturated heterocycles. The van der Waals surface area contributed by atoms with Crippen molar-refractivity contribution in [2.75, 3.05) is 0 Å². The fourth-order valence-electron chi connectivity index (χ4n) is 2.95. The first-order valence-electron chi connectivity index (χ1n) is 6.86. The Labute approximate surface area is 124 Å². The predicted octanol–water partition coefficient (Wildman–Crippen LogP) is 2.84. The Morgan fingerprint density at radius 3 is 2.60 bits per heavy atom. The smallest absolute Gasteiger partial charge is 0.0621 e. The Balaban J connectivity index is 1.86. The van der Waals surface area contributed by atoms with E-state index < -0.39 is 0 Å². The number of aromatic nitrogens is 1. The van der Waals surface area contributed by atoms with Crippen molar-refractivity contribution in [3.05, 3.63) is 64.9 Å². The molecule has 1 unspecified atom stereocenters. The number of hydrazine groups is 1. The minimum absolute atomic E-state index is 0.141. The van der Waals surface area contributed by atoms with Gasteiger partial charge in [0.15, 0.2) is 0 Å². The molecule has 0 amide bonds. The first-order chi connectivity index (χ1) is 9.76. The molecule has 0 spiro atoms. The van der Waals surface area contributed by atoms with Gasteiger partial charge >= 0.3 is 0 Å². The first-order valence-corrected chi connectivity index (χ1v) is 7.24. The molecule has 1 fully saturated rings. The van der Waals surface area contributed by atoms with E-state index in [2.05, 4.69) is 34.7 Å². The van der Waals surface area contributed by atoms with E-state index in [4.69, 9.17) is 17.4 Å². The molecule has 104 valence electrons. The summed E-state index contributed by atoms with van der Waals surface area (Å²) in [5.41, 5.74) is 5.59. The maximum Gasteiger partial charge on any atom is 0.0621 e. The summed E-state index contributed by atoms with van der Waals surface area (Å²) >= 11 is 6.21. The van der Waals surface area contributed by atoms with Crippen LogP contribution in [0.15, 0.2) is 48.8 Å². The normalized spacial score (nSPS) is 17.7. The van der Waals surface area contributed by atoms with Gasteiger partial charge in [-0.1, -0.05) is 41.9 Å².